The van der Waals surface area contributed by atoms with Crippen LogP contribution >= 0.6 is 0 Å². The standard InChI is InChI=1S/C16H25N3O2/c1-5-19(4)16(21)12(2)18-15(20)14-9-7-6-8-13(14)10-11-17-3/h6-9,12,17H,5,10-11H2,1-4H3,(H,18,20). The van der Waals surface area contributed by atoms with Crippen molar-refractivity contribution in [3.8, 4) is 0 Å². The predicted molar refractivity (Wildman–Crippen MR) is 84.3 cm³/mol. The minimum atomic E-state index is -0.528. The Kier molecular flexibility index (Phi) is 6.88. The molecular formula is C16H25N3O2. The van der Waals surface area contributed by atoms with Gasteiger partial charge in [0.05, 0.1) is 0 Å². The average Bonchev–Trinajstić information content (AvgIpc) is 2.51. The van der Waals surface area contributed by atoms with E-state index in [0.717, 1.165) is 18.5 Å². The van der Waals surface area contributed by atoms with Gasteiger partial charge in [-0.1, -0.05) is 18.2 Å². The number of hydrogen-bond acceptors (Lipinski definition) is 3. The molecule has 0 bridgehead atoms. The van der Waals surface area contributed by atoms with Crippen LogP contribution in [0.5, 0.6) is 0 Å². The number of nitrogens with one attached hydrogen (secondary N) is 2. The van der Waals surface area contributed by atoms with Gasteiger partial charge in [0.15, 0.2) is 0 Å². The van der Waals surface area contributed by atoms with Crippen molar-refractivity contribution in [1.82, 2.24) is 15.5 Å². The molecule has 5 heteroatoms. The SMILES string of the molecule is CCN(C)C(=O)C(C)NC(=O)c1ccccc1CCNC. The van der Waals surface area contributed by atoms with E-state index in [1.54, 1.807) is 24.9 Å². The van der Waals surface area contributed by atoms with Gasteiger partial charge < -0.3 is 15.5 Å². The van der Waals surface area contributed by atoms with E-state index >= 15 is 0 Å². The third kappa shape index (κ3) is 4.86. The molecule has 0 aliphatic carbocycles. The molecular weight excluding hydrogens is 266 g/mol. The lowest BCUT2D eigenvalue weighted by atomic mass is 10.0. The molecule has 0 aliphatic rings. The van der Waals surface area contributed by atoms with Crippen molar-refractivity contribution in [3.05, 3.63) is 35.4 Å². The van der Waals surface area contributed by atoms with Crippen LogP contribution in [0.3, 0.4) is 0 Å². The van der Waals surface area contributed by atoms with E-state index < -0.39 is 6.04 Å². The molecule has 1 aromatic rings. The molecule has 116 valence electrons. The molecule has 2 N–H and O–H groups in total. The molecule has 0 saturated heterocycles. The molecule has 1 unspecified atom stereocenters. The van der Waals surface area contributed by atoms with Crippen molar-refractivity contribution >= 4 is 11.8 Å². The third-order valence-electron chi connectivity index (χ3n) is 3.47. The van der Waals surface area contributed by atoms with Gasteiger partial charge in [-0.3, -0.25) is 9.59 Å². The minimum Gasteiger partial charge on any atom is -0.344 e. The first kappa shape index (κ1) is 17.2. The predicted octanol–water partition coefficient (Wildman–Crippen LogP) is 1.05. The summed E-state index contributed by atoms with van der Waals surface area (Å²) in [6.07, 6.45) is 0.775. The molecule has 21 heavy (non-hydrogen) atoms. The van der Waals surface area contributed by atoms with Crippen molar-refractivity contribution in [1.29, 1.82) is 0 Å². The molecule has 1 atom stereocenters. The van der Waals surface area contributed by atoms with Gasteiger partial charge in [-0.15, -0.1) is 0 Å². The Morgan fingerprint density at radius 2 is 1.95 bits per heavy atom. The lowest BCUT2D eigenvalue weighted by Crippen LogP contribution is -2.45. The zero-order valence-corrected chi connectivity index (χ0v) is 13.3. The first-order valence-corrected chi connectivity index (χ1v) is 7.29. The topological polar surface area (TPSA) is 61.4 Å². The highest BCUT2D eigenvalue weighted by atomic mass is 16.2. The Bertz CT molecular complexity index is 488. The summed E-state index contributed by atoms with van der Waals surface area (Å²) < 4.78 is 0. The van der Waals surface area contributed by atoms with Crippen molar-refractivity contribution in [3.63, 3.8) is 0 Å². The third-order valence-corrected chi connectivity index (χ3v) is 3.47. The van der Waals surface area contributed by atoms with Crippen LogP contribution in [0.4, 0.5) is 0 Å². The summed E-state index contributed by atoms with van der Waals surface area (Å²) in [5, 5.41) is 5.85. The van der Waals surface area contributed by atoms with Gasteiger partial charge in [0.1, 0.15) is 6.04 Å². The smallest absolute Gasteiger partial charge is 0.252 e. The highest BCUT2D eigenvalue weighted by Gasteiger charge is 2.20. The fraction of sp³-hybridized carbons (Fsp3) is 0.500. The second kappa shape index (κ2) is 8.42. The maximum Gasteiger partial charge on any atom is 0.252 e. The van der Waals surface area contributed by atoms with Gasteiger partial charge in [0, 0.05) is 19.2 Å². The molecule has 1 rings (SSSR count). The molecule has 0 spiro atoms. The Morgan fingerprint density at radius 1 is 1.29 bits per heavy atom. The van der Waals surface area contributed by atoms with Crippen LogP contribution in [-0.2, 0) is 11.2 Å². The van der Waals surface area contributed by atoms with Crippen molar-refractivity contribution in [2.75, 3.05) is 27.2 Å². The zero-order valence-electron chi connectivity index (χ0n) is 13.3. The molecule has 0 fully saturated rings. The van der Waals surface area contributed by atoms with E-state index in [2.05, 4.69) is 10.6 Å². The molecule has 0 saturated carbocycles. The molecule has 0 radical (unpaired) electrons. The molecule has 0 heterocycles. The van der Waals surface area contributed by atoms with Crippen LogP contribution in [0.1, 0.15) is 29.8 Å². The Balaban J connectivity index is 2.77. The number of carbonyl (C=O) groups excluding carboxylic acids is 2. The summed E-state index contributed by atoms with van der Waals surface area (Å²) in [4.78, 5) is 25.9. The molecule has 5 nitrogen and oxygen atoms in total. The number of benzene rings is 1. The van der Waals surface area contributed by atoms with Crippen molar-refractivity contribution in [2.45, 2.75) is 26.3 Å². The number of hydrogen-bond donors (Lipinski definition) is 2. The highest BCUT2D eigenvalue weighted by molar-refractivity contribution is 5.98. The Labute approximate surface area is 126 Å². The van der Waals surface area contributed by atoms with E-state index in [1.165, 1.54) is 0 Å². The van der Waals surface area contributed by atoms with Gasteiger partial charge in [0.2, 0.25) is 5.91 Å². The monoisotopic (exact) mass is 291 g/mol. The lowest BCUT2D eigenvalue weighted by Gasteiger charge is -2.21. The fourth-order valence-corrected chi connectivity index (χ4v) is 2.04. The zero-order chi connectivity index (χ0) is 15.8. The maximum atomic E-state index is 12.4. The maximum absolute atomic E-state index is 12.4. The van der Waals surface area contributed by atoms with Crippen LogP contribution in [0.25, 0.3) is 0 Å². The Hall–Kier alpha value is -1.88. The largest absolute Gasteiger partial charge is 0.344 e. The van der Waals surface area contributed by atoms with Gasteiger partial charge in [0.25, 0.3) is 5.91 Å². The average molecular weight is 291 g/mol. The molecule has 0 aromatic heterocycles. The summed E-state index contributed by atoms with van der Waals surface area (Å²) >= 11 is 0. The van der Waals surface area contributed by atoms with Crippen LogP contribution < -0.4 is 10.6 Å². The quantitative estimate of drug-likeness (QED) is 0.789. The second-order valence-electron chi connectivity index (χ2n) is 5.06. The summed E-state index contributed by atoms with van der Waals surface area (Å²) in [6, 6.07) is 6.96. The summed E-state index contributed by atoms with van der Waals surface area (Å²) in [7, 11) is 3.61. The second-order valence-corrected chi connectivity index (χ2v) is 5.06. The normalized spacial score (nSPS) is 11.8. The van der Waals surface area contributed by atoms with E-state index in [4.69, 9.17) is 0 Å². The summed E-state index contributed by atoms with van der Waals surface area (Å²) in [5.74, 6) is -0.286. The van der Waals surface area contributed by atoms with E-state index in [1.807, 2.05) is 32.2 Å². The number of nitrogens with zero attached hydrogens (tertiary/aromatic N) is 1. The number of rotatable bonds is 7. The number of likely N-dealkylation sites (N-methyl/N-ethyl adjacent to an activating group) is 2. The first-order chi connectivity index (χ1) is 10.0. The Morgan fingerprint density at radius 3 is 2.57 bits per heavy atom. The van der Waals surface area contributed by atoms with Gasteiger partial charge in [-0.2, -0.15) is 0 Å². The van der Waals surface area contributed by atoms with Gasteiger partial charge in [-0.05, 0) is 45.5 Å². The van der Waals surface area contributed by atoms with Gasteiger partial charge in [-0.25, -0.2) is 0 Å². The van der Waals surface area contributed by atoms with E-state index in [0.29, 0.717) is 12.1 Å². The van der Waals surface area contributed by atoms with Crippen molar-refractivity contribution < 1.29 is 9.59 Å². The van der Waals surface area contributed by atoms with E-state index in [-0.39, 0.29) is 11.8 Å². The van der Waals surface area contributed by atoms with Gasteiger partial charge >= 0.3 is 0 Å². The molecule has 1 aromatic carbocycles. The van der Waals surface area contributed by atoms with Crippen molar-refractivity contribution in [2.24, 2.45) is 0 Å². The van der Waals surface area contributed by atoms with Crippen LogP contribution in [0, 0.1) is 0 Å². The highest BCUT2D eigenvalue weighted by Crippen LogP contribution is 2.10. The molecule has 0 aliphatic heterocycles. The van der Waals surface area contributed by atoms with Crippen LogP contribution in [0.15, 0.2) is 24.3 Å². The van der Waals surface area contributed by atoms with Crippen LogP contribution in [-0.4, -0.2) is 49.9 Å². The first-order valence-electron chi connectivity index (χ1n) is 7.29. The lowest BCUT2D eigenvalue weighted by molar-refractivity contribution is -0.131. The summed E-state index contributed by atoms with van der Waals surface area (Å²) in [5.41, 5.74) is 1.61. The number of carbonyl (C=O) groups is 2. The minimum absolute atomic E-state index is 0.0847. The summed E-state index contributed by atoms with van der Waals surface area (Å²) in [6.45, 7) is 5.04. The fourth-order valence-electron chi connectivity index (χ4n) is 2.04. The number of amides is 2. The van der Waals surface area contributed by atoms with E-state index in [9.17, 15) is 9.59 Å². The van der Waals surface area contributed by atoms with Crippen LogP contribution in [0.2, 0.25) is 0 Å². The molecule has 2 amide bonds.